The van der Waals surface area contributed by atoms with Crippen molar-refractivity contribution in [1.29, 1.82) is 0 Å². The molecule has 0 aromatic heterocycles. The highest BCUT2D eigenvalue weighted by Crippen LogP contribution is 2.21. The molecular formula is C21H35N5O. The molecule has 0 amide bonds. The van der Waals surface area contributed by atoms with Crippen LogP contribution < -0.4 is 15.5 Å². The molecule has 0 saturated carbocycles. The van der Waals surface area contributed by atoms with Crippen LogP contribution in [-0.4, -0.2) is 76.4 Å². The van der Waals surface area contributed by atoms with Crippen molar-refractivity contribution in [2.45, 2.75) is 38.3 Å². The van der Waals surface area contributed by atoms with Gasteiger partial charge in [0, 0.05) is 58.1 Å². The van der Waals surface area contributed by atoms with Gasteiger partial charge >= 0.3 is 0 Å². The molecule has 2 aliphatic rings. The number of hydrogen-bond acceptors (Lipinski definition) is 4. The van der Waals surface area contributed by atoms with Gasteiger partial charge in [-0.1, -0.05) is 17.7 Å². The van der Waals surface area contributed by atoms with Crippen LogP contribution in [0.25, 0.3) is 0 Å². The summed E-state index contributed by atoms with van der Waals surface area (Å²) in [6.45, 7) is 8.18. The fraction of sp³-hybridized carbons (Fsp3) is 0.667. The molecule has 1 aromatic rings. The van der Waals surface area contributed by atoms with E-state index in [1.165, 1.54) is 30.6 Å². The van der Waals surface area contributed by atoms with Crippen molar-refractivity contribution in [2.75, 3.05) is 58.4 Å². The van der Waals surface area contributed by atoms with E-state index in [-0.39, 0.29) is 0 Å². The Morgan fingerprint density at radius 3 is 2.78 bits per heavy atom. The predicted octanol–water partition coefficient (Wildman–Crippen LogP) is 1.85. The summed E-state index contributed by atoms with van der Waals surface area (Å²) in [7, 11) is 3.63. The second-order valence-corrected chi connectivity index (χ2v) is 7.69. The lowest BCUT2D eigenvalue weighted by Gasteiger charge is -2.26. The molecule has 150 valence electrons. The van der Waals surface area contributed by atoms with E-state index in [0.29, 0.717) is 12.1 Å². The zero-order valence-electron chi connectivity index (χ0n) is 17.1. The van der Waals surface area contributed by atoms with Gasteiger partial charge < -0.3 is 20.3 Å². The first kappa shape index (κ1) is 20.0. The number of benzene rings is 1. The van der Waals surface area contributed by atoms with E-state index in [4.69, 9.17) is 4.74 Å². The first-order valence-corrected chi connectivity index (χ1v) is 10.2. The van der Waals surface area contributed by atoms with E-state index in [1.54, 1.807) is 7.11 Å². The summed E-state index contributed by atoms with van der Waals surface area (Å²) in [6.07, 6.45) is 3.66. The second-order valence-electron chi connectivity index (χ2n) is 7.69. The van der Waals surface area contributed by atoms with E-state index in [2.05, 4.69) is 56.6 Å². The van der Waals surface area contributed by atoms with E-state index < -0.39 is 0 Å². The van der Waals surface area contributed by atoms with Gasteiger partial charge in [0.1, 0.15) is 0 Å². The average molecular weight is 374 g/mol. The molecule has 6 nitrogen and oxygen atoms in total. The van der Waals surface area contributed by atoms with Crippen LogP contribution in [0.5, 0.6) is 0 Å². The fourth-order valence-electron chi connectivity index (χ4n) is 4.10. The number of aliphatic imine (C=N–C) groups is 1. The Kier molecular flexibility index (Phi) is 7.35. The highest BCUT2D eigenvalue weighted by Gasteiger charge is 2.26. The molecule has 2 saturated heterocycles. The maximum Gasteiger partial charge on any atom is 0.191 e. The zero-order chi connectivity index (χ0) is 19.1. The number of aryl methyl sites for hydroxylation is 1. The van der Waals surface area contributed by atoms with Gasteiger partial charge in [-0.05, 0) is 44.9 Å². The van der Waals surface area contributed by atoms with Gasteiger partial charge in [-0.3, -0.25) is 9.89 Å². The molecule has 2 N–H and O–H groups in total. The molecule has 27 heavy (non-hydrogen) atoms. The standard InChI is InChI=1S/C21H35N5O/c1-17-6-8-19(9-7-17)26-12-10-18(16-26)24-21(22-2)23-15-20-5-4-11-25(20)13-14-27-3/h6-9,18,20H,4-5,10-16H2,1-3H3,(H2,22,23,24). The smallest absolute Gasteiger partial charge is 0.191 e. The third-order valence-corrected chi connectivity index (χ3v) is 5.74. The normalized spacial score (nSPS) is 23.8. The zero-order valence-corrected chi connectivity index (χ0v) is 17.1. The monoisotopic (exact) mass is 373 g/mol. The Balaban J connectivity index is 1.44. The summed E-state index contributed by atoms with van der Waals surface area (Å²) < 4.78 is 5.24. The van der Waals surface area contributed by atoms with Crippen LogP contribution in [0.1, 0.15) is 24.8 Å². The summed E-state index contributed by atoms with van der Waals surface area (Å²) in [5.41, 5.74) is 2.62. The van der Waals surface area contributed by atoms with Crippen LogP contribution in [0.2, 0.25) is 0 Å². The number of likely N-dealkylation sites (tertiary alicyclic amines) is 1. The molecule has 2 heterocycles. The molecule has 2 fully saturated rings. The molecule has 2 unspecified atom stereocenters. The van der Waals surface area contributed by atoms with Crippen molar-refractivity contribution in [3.63, 3.8) is 0 Å². The fourth-order valence-corrected chi connectivity index (χ4v) is 4.10. The van der Waals surface area contributed by atoms with Gasteiger partial charge in [0.2, 0.25) is 0 Å². The van der Waals surface area contributed by atoms with Crippen molar-refractivity contribution in [1.82, 2.24) is 15.5 Å². The van der Waals surface area contributed by atoms with Crippen molar-refractivity contribution < 1.29 is 4.74 Å². The number of methoxy groups -OCH3 is 1. The predicted molar refractivity (Wildman–Crippen MR) is 113 cm³/mol. The van der Waals surface area contributed by atoms with Crippen LogP contribution in [0.3, 0.4) is 0 Å². The Bertz CT molecular complexity index is 603. The Morgan fingerprint density at radius 2 is 2.04 bits per heavy atom. The van der Waals surface area contributed by atoms with Gasteiger partial charge in [0.25, 0.3) is 0 Å². The van der Waals surface area contributed by atoms with E-state index in [9.17, 15) is 0 Å². The summed E-state index contributed by atoms with van der Waals surface area (Å²) >= 11 is 0. The number of ether oxygens (including phenoxy) is 1. The summed E-state index contributed by atoms with van der Waals surface area (Å²) in [6, 6.07) is 9.83. The van der Waals surface area contributed by atoms with Crippen LogP contribution in [0.4, 0.5) is 5.69 Å². The van der Waals surface area contributed by atoms with E-state index in [0.717, 1.165) is 45.2 Å². The summed E-state index contributed by atoms with van der Waals surface area (Å²) in [5, 5.41) is 7.16. The second kappa shape index (κ2) is 9.95. The number of rotatable bonds is 7. The minimum absolute atomic E-state index is 0.436. The first-order chi connectivity index (χ1) is 13.2. The van der Waals surface area contributed by atoms with Crippen molar-refractivity contribution >= 4 is 11.6 Å². The van der Waals surface area contributed by atoms with Crippen LogP contribution >= 0.6 is 0 Å². The molecule has 6 heteroatoms. The third kappa shape index (κ3) is 5.59. The van der Waals surface area contributed by atoms with Crippen molar-refractivity contribution in [2.24, 2.45) is 4.99 Å². The first-order valence-electron chi connectivity index (χ1n) is 10.2. The minimum Gasteiger partial charge on any atom is -0.383 e. The molecule has 2 aliphatic heterocycles. The molecular weight excluding hydrogens is 338 g/mol. The quantitative estimate of drug-likeness (QED) is 0.564. The van der Waals surface area contributed by atoms with Crippen molar-refractivity contribution in [3.8, 4) is 0 Å². The maximum atomic E-state index is 5.24. The van der Waals surface area contributed by atoms with E-state index in [1.807, 2.05) is 7.05 Å². The average Bonchev–Trinajstić information content (AvgIpc) is 3.33. The Hall–Kier alpha value is -1.79. The number of anilines is 1. The van der Waals surface area contributed by atoms with E-state index >= 15 is 0 Å². The lowest BCUT2D eigenvalue weighted by molar-refractivity contribution is 0.141. The van der Waals surface area contributed by atoms with Crippen LogP contribution in [0.15, 0.2) is 29.3 Å². The lowest BCUT2D eigenvalue weighted by Crippen LogP contribution is -2.48. The third-order valence-electron chi connectivity index (χ3n) is 5.74. The van der Waals surface area contributed by atoms with Gasteiger partial charge in [0.05, 0.1) is 6.61 Å². The largest absolute Gasteiger partial charge is 0.383 e. The number of guanidine groups is 1. The molecule has 0 bridgehead atoms. The molecule has 1 aromatic carbocycles. The van der Waals surface area contributed by atoms with Gasteiger partial charge in [-0.25, -0.2) is 0 Å². The SMILES string of the molecule is CN=C(NCC1CCCN1CCOC)NC1CCN(c2ccc(C)cc2)C1. The highest BCUT2D eigenvalue weighted by molar-refractivity contribution is 5.80. The molecule has 0 aliphatic carbocycles. The number of hydrogen-bond donors (Lipinski definition) is 2. The van der Waals surface area contributed by atoms with Gasteiger partial charge in [0.15, 0.2) is 5.96 Å². The molecule has 0 spiro atoms. The summed E-state index contributed by atoms with van der Waals surface area (Å²) in [4.78, 5) is 9.42. The van der Waals surface area contributed by atoms with Crippen LogP contribution in [0, 0.1) is 6.92 Å². The van der Waals surface area contributed by atoms with Gasteiger partial charge in [-0.2, -0.15) is 0 Å². The number of nitrogens with one attached hydrogen (secondary N) is 2. The van der Waals surface area contributed by atoms with Gasteiger partial charge in [-0.15, -0.1) is 0 Å². The Morgan fingerprint density at radius 1 is 1.22 bits per heavy atom. The highest BCUT2D eigenvalue weighted by atomic mass is 16.5. The molecule has 0 radical (unpaired) electrons. The lowest BCUT2D eigenvalue weighted by atomic mass is 10.2. The molecule has 3 rings (SSSR count). The van der Waals surface area contributed by atoms with Crippen LogP contribution in [-0.2, 0) is 4.74 Å². The summed E-state index contributed by atoms with van der Waals surface area (Å²) in [5.74, 6) is 0.921. The molecule has 2 atom stereocenters. The number of nitrogens with zero attached hydrogens (tertiary/aromatic N) is 3. The Labute approximate surface area is 164 Å². The van der Waals surface area contributed by atoms with Crippen molar-refractivity contribution in [3.05, 3.63) is 29.8 Å². The minimum atomic E-state index is 0.436. The topological polar surface area (TPSA) is 52.1 Å². The maximum absolute atomic E-state index is 5.24.